The van der Waals surface area contributed by atoms with Gasteiger partial charge in [0.1, 0.15) is 4.90 Å². The van der Waals surface area contributed by atoms with Crippen LogP contribution in [-0.2, 0) is 36.0 Å². The highest BCUT2D eigenvalue weighted by Gasteiger charge is 2.49. The molecule has 5 aromatic carbocycles. The van der Waals surface area contributed by atoms with Gasteiger partial charge >= 0.3 is 5.51 Å². The summed E-state index contributed by atoms with van der Waals surface area (Å²) < 4.78 is 100. The van der Waals surface area contributed by atoms with Gasteiger partial charge in [0.05, 0.1) is 16.5 Å². The zero-order valence-electron chi connectivity index (χ0n) is 46.6. The molecule has 438 valence electrons. The summed E-state index contributed by atoms with van der Waals surface area (Å²) in [5.74, 6) is -1.63. The van der Waals surface area contributed by atoms with Crippen molar-refractivity contribution in [2.24, 2.45) is 5.41 Å². The number of rotatable bonds is 19. The number of nitrogens with one attached hydrogen (secondary N) is 3. The molecule has 9 rings (SSSR count). The molecule has 4 atom stereocenters. The van der Waals surface area contributed by atoms with Crippen LogP contribution < -0.4 is 20.3 Å². The summed E-state index contributed by atoms with van der Waals surface area (Å²) in [6, 6.07) is 33.7. The molecule has 82 heavy (non-hydrogen) atoms. The molecule has 3 heterocycles. The number of thioether (sulfide) groups is 1. The number of amides is 3. The number of halogens is 4. The van der Waals surface area contributed by atoms with Crippen molar-refractivity contribution in [2.75, 3.05) is 68.3 Å². The number of nitrogens with zero attached hydrogens (tertiary/aromatic N) is 4. The maximum atomic E-state index is 14.5. The average molecular weight is 1200 g/mol. The number of hydrogen-bond donors (Lipinski definition) is 3. The van der Waals surface area contributed by atoms with E-state index in [4.69, 9.17) is 11.6 Å². The Morgan fingerprint density at radius 2 is 1.49 bits per heavy atom. The maximum absolute atomic E-state index is 14.5. The van der Waals surface area contributed by atoms with Crippen molar-refractivity contribution in [1.82, 2.24) is 24.7 Å². The normalized spacial score (nSPS) is 21.0. The Morgan fingerprint density at radius 1 is 0.817 bits per heavy atom. The summed E-state index contributed by atoms with van der Waals surface area (Å²) in [6.07, 6.45) is 4.28. The molecular formula is C61H71ClF3N7O7S3. The molecule has 0 radical (unpaired) electrons. The largest absolute Gasteiger partial charge is 0.501 e. The number of benzene rings is 5. The number of alkyl halides is 3. The number of piperidine rings is 1. The number of hydrogen-bond acceptors (Lipinski definition) is 13. The van der Waals surface area contributed by atoms with Crippen molar-refractivity contribution in [2.45, 2.75) is 117 Å². The summed E-state index contributed by atoms with van der Waals surface area (Å²) in [5.41, 5.74) is 0.771. The van der Waals surface area contributed by atoms with Gasteiger partial charge in [0, 0.05) is 110 Å². The van der Waals surface area contributed by atoms with Crippen LogP contribution in [0, 0.1) is 5.41 Å². The van der Waals surface area contributed by atoms with Gasteiger partial charge in [-0.05, 0) is 140 Å². The van der Waals surface area contributed by atoms with Crippen LogP contribution in [0.4, 0.5) is 24.5 Å². The number of anilines is 2. The second kappa shape index (κ2) is 25.6. The van der Waals surface area contributed by atoms with Crippen LogP contribution in [0.1, 0.15) is 99.2 Å². The minimum Gasteiger partial charge on any atom is -0.380 e. The number of piperazine rings is 2. The van der Waals surface area contributed by atoms with Crippen molar-refractivity contribution in [3.8, 4) is 0 Å². The van der Waals surface area contributed by atoms with Crippen molar-refractivity contribution in [1.29, 1.82) is 0 Å². The Bertz CT molecular complexity index is 3350. The van der Waals surface area contributed by atoms with Gasteiger partial charge in [-0.2, -0.15) is 13.2 Å². The highest BCUT2D eigenvalue weighted by molar-refractivity contribution is 7.99. The first-order chi connectivity index (χ1) is 38.9. The molecule has 0 bridgehead atoms. The maximum Gasteiger partial charge on any atom is 0.501 e. The SMILES string of the molecule is CC1CN(Cc2ccc(C3CCC(=O)NC3=O)cc2)CC(C)N1CC[C@H](CSc1ccccc1)Nc1ccc(S(=O)(=O)NC(=O)c2ccc(N3CCN(CC4=C(c5ccc(Cl)cc5)CCC(C)(C)C4)CC3)cc2)cc1S(=O)(=O)C(F)(F)F. The molecule has 3 saturated heterocycles. The summed E-state index contributed by atoms with van der Waals surface area (Å²) in [4.78, 5) is 45.8. The molecule has 0 saturated carbocycles. The number of allylic oxidation sites excluding steroid dienone is 1. The quantitative estimate of drug-likeness (QED) is 0.0528. The van der Waals surface area contributed by atoms with Crippen LogP contribution >= 0.6 is 23.4 Å². The average Bonchev–Trinajstić information content (AvgIpc) is 3.44. The van der Waals surface area contributed by atoms with E-state index in [-0.39, 0.29) is 40.8 Å². The molecule has 0 spiro atoms. The van der Waals surface area contributed by atoms with E-state index in [0.29, 0.717) is 62.3 Å². The van der Waals surface area contributed by atoms with E-state index in [9.17, 15) is 44.4 Å². The fourth-order valence-corrected chi connectivity index (χ4v) is 14.9. The van der Waals surface area contributed by atoms with Crippen LogP contribution in [0.3, 0.4) is 0 Å². The molecule has 3 aliphatic heterocycles. The molecule has 0 aromatic heterocycles. The number of carbonyl (C=O) groups is 3. The van der Waals surface area contributed by atoms with Gasteiger partial charge in [-0.25, -0.2) is 21.6 Å². The first-order valence-corrected chi connectivity index (χ1v) is 32.2. The second-order valence-electron chi connectivity index (χ2n) is 22.9. The minimum absolute atomic E-state index is 0.0175. The first-order valence-electron chi connectivity index (χ1n) is 27.8. The predicted molar refractivity (Wildman–Crippen MR) is 317 cm³/mol. The van der Waals surface area contributed by atoms with E-state index >= 15 is 0 Å². The Hall–Kier alpha value is -5.74. The number of sulfonamides is 1. The Labute approximate surface area is 489 Å². The molecule has 3 N–H and O–H groups in total. The lowest BCUT2D eigenvalue weighted by molar-refractivity contribution is -0.134. The van der Waals surface area contributed by atoms with Crippen LogP contribution in [0.15, 0.2) is 142 Å². The minimum atomic E-state index is -6.13. The highest BCUT2D eigenvalue weighted by atomic mass is 35.5. The van der Waals surface area contributed by atoms with Gasteiger partial charge in [-0.3, -0.25) is 34.4 Å². The van der Waals surface area contributed by atoms with Crippen molar-refractivity contribution in [3.63, 3.8) is 0 Å². The standard InChI is InChI=1S/C61H71ClF3N7O7S3/c1-41-36-70(38-43-10-12-45(13-11-43)54-23-25-57(73)67-59(54)75)37-42(2)72(41)29-27-49(40-80-51-8-6-5-7-9-51)66-55-24-22-52(34-56(55)81(76,77)61(63,64)65)82(78,79)68-58(74)46-16-20-50(21-17-46)71-32-30-69(31-33-71)39-47-35-60(3,4)28-26-53(47)44-14-18-48(62)19-15-44/h5-22,24,34,41-42,49,54,66H,23,25-33,35-40H2,1-4H3,(H,68,74)(H,67,73,75)/t41?,42?,49-,54?/m1/s1. The topological polar surface area (TPSA) is 169 Å². The monoisotopic (exact) mass is 1200 g/mol. The fourth-order valence-electron chi connectivity index (χ4n) is 11.8. The van der Waals surface area contributed by atoms with Crippen molar-refractivity contribution < 1.29 is 44.4 Å². The summed E-state index contributed by atoms with van der Waals surface area (Å²) >= 11 is 7.66. The predicted octanol–water partition coefficient (Wildman–Crippen LogP) is 10.6. The third-order valence-electron chi connectivity index (χ3n) is 16.2. The smallest absolute Gasteiger partial charge is 0.380 e. The summed E-state index contributed by atoms with van der Waals surface area (Å²) in [5, 5.41) is 6.20. The number of carbonyl (C=O) groups excluding carboxylic acids is 3. The van der Waals surface area contributed by atoms with E-state index in [2.05, 4.69) is 70.1 Å². The number of sulfone groups is 1. The van der Waals surface area contributed by atoms with E-state index < -0.39 is 52.8 Å². The fraction of sp³-hybridized carbons (Fsp3) is 0.426. The second-order valence-corrected chi connectivity index (χ2v) is 28.0. The van der Waals surface area contributed by atoms with Crippen LogP contribution in [0.5, 0.6) is 0 Å². The third kappa shape index (κ3) is 15.0. The van der Waals surface area contributed by atoms with Gasteiger partial charge in [-0.1, -0.05) is 85.6 Å². The zero-order valence-corrected chi connectivity index (χ0v) is 49.8. The summed E-state index contributed by atoms with van der Waals surface area (Å²) in [6.45, 7) is 15.4. The zero-order chi connectivity index (χ0) is 58.6. The Balaban J connectivity index is 0.845. The lowest BCUT2D eigenvalue weighted by Gasteiger charge is -2.45. The van der Waals surface area contributed by atoms with Gasteiger partial charge < -0.3 is 10.2 Å². The molecule has 5 aromatic rings. The van der Waals surface area contributed by atoms with Crippen molar-refractivity contribution in [3.05, 3.63) is 154 Å². The van der Waals surface area contributed by atoms with Crippen LogP contribution in [0.25, 0.3) is 5.57 Å². The van der Waals surface area contributed by atoms with E-state index in [1.807, 2.05) is 71.5 Å². The molecular weight excluding hydrogens is 1130 g/mol. The van der Waals surface area contributed by atoms with Gasteiger partial charge in [-0.15, -0.1) is 11.8 Å². The van der Waals surface area contributed by atoms with Gasteiger partial charge in [0.25, 0.3) is 25.8 Å². The molecule has 4 aliphatic rings. The van der Waals surface area contributed by atoms with E-state index in [1.54, 1.807) is 12.1 Å². The molecule has 3 unspecified atom stereocenters. The first kappa shape index (κ1) is 60.8. The van der Waals surface area contributed by atoms with Crippen molar-refractivity contribution >= 4 is 77.9 Å². The molecule has 1 aliphatic carbocycles. The van der Waals surface area contributed by atoms with E-state index in [1.165, 1.54) is 40.6 Å². The Kier molecular flexibility index (Phi) is 19.0. The van der Waals surface area contributed by atoms with Gasteiger partial charge in [0.15, 0.2) is 0 Å². The molecule has 14 nitrogen and oxygen atoms in total. The molecule has 21 heteroatoms. The van der Waals surface area contributed by atoms with Crippen LogP contribution in [-0.4, -0.2) is 131 Å². The lowest BCUT2D eigenvalue weighted by Crippen LogP contribution is -2.56. The third-order valence-corrected chi connectivity index (χ3v) is 20.5. The lowest BCUT2D eigenvalue weighted by atomic mass is 9.73. The van der Waals surface area contributed by atoms with Gasteiger partial charge in [0.2, 0.25) is 11.8 Å². The highest BCUT2D eigenvalue weighted by Crippen LogP contribution is 2.43. The number of imide groups is 1. The molecule has 3 fully saturated rings. The summed E-state index contributed by atoms with van der Waals surface area (Å²) in [7, 11) is -11.0. The molecule has 3 amide bonds. The Morgan fingerprint density at radius 3 is 2.13 bits per heavy atom. The van der Waals surface area contributed by atoms with Crippen LogP contribution in [0.2, 0.25) is 5.02 Å². The van der Waals surface area contributed by atoms with E-state index in [0.717, 1.165) is 85.8 Å².